The highest BCUT2D eigenvalue weighted by molar-refractivity contribution is 7.92. The fraction of sp³-hybridized carbons (Fsp3) is 0.455. The molecule has 0 amide bonds. The van der Waals surface area contributed by atoms with Crippen molar-refractivity contribution >= 4 is 15.7 Å². The molecule has 1 fully saturated rings. The number of ether oxygens (including phenoxy) is 1. The van der Waals surface area contributed by atoms with Crippen LogP contribution in [0.15, 0.2) is 24.3 Å². The molecule has 1 heterocycles. The molecule has 0 spiro atoms. The van der Waals surface area contributed by atoms with Crippen molar-refractivity contribution in [2.45, 2.75) is 25.2 Å². The molecule has 1 aliphatic heterocycles. The summed E-state index contributed by atoms with van der Waals surface area (Å²) in [6, 6.07) is 6.97. The Kier molecular flexibility index (Phi) is 3.37. The predicted octanol–water partition coefficient (Wildman–Crippen LogP) is 1.23. The molecule has 0 aromatic heterocycles. The first-order chi connectivity index (χ1) is 7.94. The summed E-state index contributed by atoms with van der Waals surface area (Å²) in [6.07, 6.45) is 1.73. The van der Waals surface area contributed by atoms with Gasteiger partial charge in [0, 0.05) is 12.1 Å². The molecule has 2 rings (SSSR count). The zero-order valence-corrected chi connectivity index (χ0v) is 10.3. The number of aliphatic hydroxyl groups is 1. The third-order valence-electron chi connectivity index (χ3n) is 2.58. The van der Waals surface area contributed by atoms with E-state index in [4.69, 9.17) is 4.74 Å². The molecule has 5 nitrogen and oxygen atoms in total. The number of benzene rings is 1. The van der Waals surface area contributed by atoms with Crippen LogP contribution in [-0.2, 0) is 14.8 Å². The molecular weight excluding hydrogens is 242 g/mol. The van der Waals surface area contributed by atoms with E-state index in [2.05, 4.69) is 4.72 Å². The lowest BCUT2D eigenvalue weighted by Gasteiger charge is -2.11. The minimum absolute atomic E-state index is 0.0997. The zero-order valence-electron chi connectivity index (χ0n) is 9.46. The van der Waals surface area contributed by atoms with Crippen molar-refractivity contribution in [3.63, 3.8) is 0 Å². The van der Waals surface area contributed by atoms with E-state index in [9.17, 15) is 13.5 Å². The summed E-state index contributed by atoms with van der Waals surface area (Å²) in [6.45, 7) is 0. The lowest BCUT2D eigenvalue weighted by atomic mass is 10.1. The summed E-state index contributed by atoms with van der Waals surface area (Å²) in [5.41, 5.74) is 1.47. The van der Waals surface area contributed by atoms with Crippen LogP contribution in [0.3, 0.4) is 0 Å². The van der Waals surface area contributed by atoms with Gasteiger partial charge in [-0.25, -0.2) is 8.42 Å². The molecule has 1 unspecified atom stereocenters. The van der Waals surface area contributed by atoms with E-state index in [1.165, 1.54) is 0 Å². The monoisotopic (exact) mass is 257 g/mol. The van der Waals surface area contributed by atoms with Gasteiger partial charge in [-0.05, 0) is 24.1 Å². The zero-order chi connectivity index (χ0) is 12.5. The molecule has 0 aliphatic carbocycles. The van der Waals surface area contributed by atoms with Crippen LogP contribution in [0.2, 0.25) is 0 Å². The Hall–Kier alpha value is -1.11. The summed E-state index contributed by atoms with van der Waals surface area (Å²) >= 11 is 0. The van der Waals surface area contributed by atoms with Crippen molar-refractivity contribution in [2.24, 2.45) is 0 Å². The summed E-state index contributed by atoms with van der Waals surface area (Å²) in [5, 5.41) is 9.25. The standard InChI is InChI=1S/C11H15NO4S/c1-17(14,15)12-9-4-2-8(3-5-9)10-6-7-11(13)16-10/h2-5,10-13H,6-7H2,1H3/t10-,11?/m0/s1. The molecule has 1 saturated heterocycles. The lowest BCUT2D eigenvalue weighted by molar-refractivity contribution is -0.0913. The number of hydrogen-bond acceptors (Lipinski definition) is 4. The molecule has 0 saturated carbocycles. The number of hydrogen-bond donors (Lipinski definition) is 2. The van der Waals surface area contributed by atoms with Crippen molar-refractivity contribution in [2.75, 3.05) is 11.0 Å². The largest absolute Gasteiger partial charge is 0.368 e. The van der Waals surface area contributed by atoms with Crippen LogP contribution in [0.5, 0.6) is 0 Å². The number of rotatable bonds is 3. The first-order valence-electron chi connectivity index (χ1n) is 5.35. The third kappa shape index (κ3) is 3.42. The van der Waals surface area contributed by atoms with Crippen LogP contribution in [0.4, 0.5) is 5.69 Å². The van der Waals surface area contributed by atoms with Crippen LogP contribution in [0, 0.1) is 0 Å². The molecule has 1 aromatic carbocycles. The van der Waals surface area contributed by atoms with Crippen LogP contribution >= 0.6 is 0 Å². The Bertz CT molecular complexity index is 483. The maximum Gasteiger partial charge on any atom is 0.229 e. The van der Waals surface area contributed by atoms with Crippen molar-refractivity contribution in [3.05, 3.63) is 29.8 Å². The van der Waals surface area contributed by atoms with Crippen LogP contribution in [0.1, 0.15) is 24.5 Å². The highest BCUT2D eigenvalue weighted by Crippen LogP contribution is 2.32. The van der Waals surface area contributed by atoms with Gasteiger partial charge in [-0.15, -0.1) is 0 Å². The first kappa shape index (κ1) is 12.3. The fourth-order valence-electron chi connectivity index (χ4n) is 1.84. The third-order valence-corrected chi connectivity index (χ3v) is 3.19. The number of nitrogens with one attached hydrogen (secondary N) is 1. The minimum Gasteiger partial charge on any atom is -0.368 e. The fourth-order valence-corrected chi connectivity index (χ4v) is 2.41. The second kappa shape index (κ2) is 4.64. The number of aliphatic hydroxyl groups excluding tert-OH is 1. The summed E-state index contributed by atoms with van der Waals surface area (Å²) < 4.78 is 29.7. The van der Waals surface area contributed by atoms with E-state index in [0.29, 0.717) is 12.1 Å². The topological polar surface area (TPSA) is 75.6 Å². The molecule has 1 aromatic rings. The predicted molar refractivity (Wildman–Crippen MR) is 64.0 cm³/mol. The highest BCUT2D eigenvalue weighted by Gasteiger charge is 2.24. The van der Waals surface area contributed by atoms with E-state index < -0.39 is 16.3 Å². The Labute approximate surface area is 100 Å². The van der Waals surface area contributed by atoms with E-state index in [1.807, 2.05) is 0 Å². The molecule has 1 aliphatic rings. The smallest absolute Gasteiger partial charge is 0.229 e. The van der Waals surface area contributed by atoms with Crippen molar-refractivity contribution in [1.29, 1.82) is 0 Å². The van der Waals surface area contributed by atoms with Gasteiger partial charge in [0.1, 0.15) is 0 Å². The van der Waals surface area contributed by atoms with Gasteiger partial charge in [0.05, 0.1) is 12.4 Å². The molecule has 2 N–H and O–H groups in total. The average Bonchev–Trinajstić information content (AvgIpc) is 2.63. The SMILES string of the molecule is CS(=O)(=O)Nc1ccc([C@@H]2CCC(O)O2)cc1. The second-order valence-corrected chi connectivity index (χ2v) is 5.90. The number of sulfonamides is 1. The van der Waals surface area contributed by atoms with Gasteiger partial charge in [-0.2, -0.15) is 0 Å². The molecule has 6 heteroatoms. The molecule has 2 atom stereocenters. The first-order valence-corrected chi connectivity index (χ1v) is 7.24. The van der Waals surface area contributed by atoms with Gasteiger partial charge in [0.25, 0.3) is 0 Å². The molecule has 0 bridgehead atoms. The van der Waals surface area contributed by atoms with E-state index in [1.54, 1.807) is 24.3 Å². The lowest BCUT2D eigenvalue weighted by Crippen LogP contribution is -2.09. The molecular formula is C11H15NO4S. The Morgan fingerprint density at radius 1 is 1.29 bits per heavy atom. The van der Waals surface area contributed by atoms with Crippen LogP contribution in [-0.4, -0.2) is 26.1 Å². The Morgan fingerprint density at radius 2 is 1.94 bits per heavy atom. The van der Waals surface area contributed by atoms with Gasteiger partial charge >= 0.3 is 0 Å². The van der Waals surface area contributed by atoms with E-state index in [0.717, 1.165) is 18.2 Å². The quantitative estimate of drug-likeness (QED) is 0.854. The van der Waals surface area contributed by atoms with Crippen molar-refractivity contribution in [1.82, 2.24) is 0 Å². The Balaban J connectivity index is 2.08. The van der Waals surface area contributed by atoms with Gasteiger partial charge < -0.3 is 9.84 Å². The van der Waals surface area contributed by atoms with Gasteiger partial charge in [-0.3, -0.25) is 4.72 Å². The second-order valence-electron chi connectivity index (χ2n) is 4.15. The van der Waals surface area contributed by atoms with Gasteiger partial charge in [0.2, 0.25) is 10.0 Å². The van der Waals surface area contributed by atoms with E-state index in [-0.39, 0.29) is 6.10 Å². The maximum atomic E-state index is 11.0. The van der Waals surface area contributed by atoms with Crippen molar-refractivity contribution in [3.8, 4) is 0 Å². The summed E-state index contributed by atoms with van der Waals surface area (Å²) in [7, 11) is -3.24. The van der Waals surface area contributed by atoms with Crippen molar-refractivity contribution < 1.29 is 18.3 Å². The molecule has 0 radical (unpaired) electrons. The van der Waals surface area contributed by atoms with Crippen LogP contribution < -0.4 is 4.72 Å². The normalized spacial score (nSPS) is 24.8. The Morgan fingerprint density at radius 3 is 2.41 bits per heavy atom. The van der Waals surface area contributed by atoms with Crippen LogP contribution in [0.25, 0.3) is 0 Å². The maximum absolute atomic E-state index is 11.0. The molecule has 94 valence electrons. The summed E-state index contributed by atoms with van der Waals surface area (Å²) in [5.74, 6) is 0. The highest BCUT2D eigenvalue weighted by atomic mass is 32.2. The van der Waals surface area contributed by atoms with E-state index >= 15 is 0 Å². The number of anilines is 1. The van der Waals surface area contributed by atoms with Gasteiger partial charge in [-0.1, -0.05) is 12.1 Å². The average molecular weight is 257 g/mol. The minimum atomic E-state index is -3.24. The van der Waals surface area contributed by atoms with Gasteiger partial charge in [0.15, 0.2) is 6.29 Å². The summed E-state index contributed by atoms with van der Waals surface area (Å²) in [4.78, 5) is 0. The molecule has 17 heavy (non-hydrogen) atoms.